The van der Waals surface area contributed by atoms with Crippen LogP contribution in [0.15, 0.2) is 48.4 Å². The highest BCUT2D eigenvalue weighted by Gasteiger charge is 2.32. The van der Waals surface area contributed by atoms with Gasteiger partial charge in [0.1, 0.15) is 16.4 Å². The van der Waals surface area contributed by atoms with E-state index >= 15 is 0 Å². The average Bonchev–Trinajstić information content (AvgIpc) is 3.62. The Morgan fingerprint density at radius 1 is 1.05 bits per heavy atom. The Bertz CT molecular complexity index is 1390. The fraction of sp³-hybridized carbons (Fsp3) is 0.346. The lowest BCUT2D eigenvalue weighted by Gasteiger charge is -2.15. The van der Waals surface area contributed by atoms with Gasteiger partial charge in [0.05, 0.1) is 23.6 Å². The number of hydrogen-bond acceptors (Lipinski definition) is 6. The van der Waals surface area contributed by atoms with E-state index in [9.17, 15) is 22.8 Å². The molecule has 0 aliphatic carbocycles. The van der Waals surface area contributed by atoms with E-state index in [1.54, 1.807) is 37.0 Å². The minimum Gasteiger partial charge on any atom is -0.359 e. The smallest absolute Gasteiger partial charge is 0.359 e. The van der Waals surface area contributed by atoms with Crippen LogP contribution in [0, 0.1) is 0 Å². The number of unbranched alkanes of at least 4 members (excludes halogenated alkanes) is 2. The van der Waals surface area contributed by atoms with Crippen molar-refractivity contribution in [2.75, 3.05) is 13.6 Å². The van der Waals surface area contributed by atoms with Gasteiger partial charge in [0, 0.05) is 43.1 Å². The summed E-state index contributed by atoms with van der Waals surface area (Å²) in [5.41, 5.74) is 2.14. The summed E-state index contributed by atoms with van der Waals surface area (Å²) < 4.78 is 39.0. The Kier molecular flexibility index (Phi) is 8.72. The Morgan fingerprint density at radius 3 is 2.63 bits per heavy atom. The number of imidazole rings is 1. The maximum atomic E-state index is 13.0. The highest BCUT2D eigenvalue weighted by atomic mass is 32.1. The Morgan fingerprint density at radius 2 is 1.89 bits per heavy atom. The number of pyridine rings is 1. The molecule has 2 amide bonds. The molecule has 0 saturated carbocycles. The minimum atomic E-state index is -4.50. The van der Waals surface area contributed by atoms with Crippen molar-refractivity contribution in [3.05, 3.63) is 64.8 Å². The van der Waals surface area contributed by atoms with Crippen LogP contribution < -0.4 is 10.6 Å². The van der Waals surface area contributed by atoms with Gasteiger partial charge in [-0.3, -0.25) is 19.6 Å². The van der Waals surface area contributed by atoms with Gasteiger partial charge in [-0.05, 0) is 30.4 Å². The van der Waals surface area contributed by atoms with Crippen LogP contribution in [0.2, 0.25) is 0 Å². The highest BCUT2D eigenvalue weighted by molar-refractivity contribution is 7.11. The number of aromatic nitrogens is 4. The third kappa shape index (κ3) is 6.94. The second kappa shape index (κ2) is 12.2. The third-order valence-electron chi connectivity index (χ3n) is 6.21. The third-order valence-corrected chi connectivity index (χ3v) is 6.98. The van der Waals surface area contributed by atoms with Gasteiger partial charge in [0.2, 0.25) is 5.91 Å². The molecule has 0 fully saturated rings. The lowest BCUT2D eigenvalue weighted by Crippen LogP contribution is -2.28. The predicted molar refractivity (Wildman–Crippen MR) is 139 cm³/mol. The zero-order valence-electron chi connectivity index (χ0n) is 20.6. The van der Waals surface area contributed by atoms with Gasteiger partial charge < -0.3 is 15.6 Å². The number of nitrogens with zero attached hydrogens (tertiary/aromatic N) is 3. The van der Waals surface area contributed by atoms with Gasteiger partial charge in [-0.2, -0.15) is 13.2 Å². The number of alkyl halides is 3. The fourth-order valence-corrected chi connectivity index (χ4v) is 4.64. The van der Waals surface area contributed by atoms with Crippen molar-refractivity contribution in [2.45, 2.75) is 44.2 Å². The Balaban J connectivity index is 1.48. The number of nitrogens with one attached hydrogen (secondary N) is 3. The summed E-state index contributed by atoms with van der Waals surface area (Å²) >= 11 is 1.26. The van der Waals surface area contributed by atoms with Gasteiger partial charge in [0.15, 0.2) is 0 Å². The number of fused-ring (bicyclic) bond motifs is 1. The van der Waals surface area contributed by atoms with E-state index in [0.717, 1.165) is 37.3 Å². The molecule has 4 rings (SSSR count). The number of aromatic amines is 1. The Hall–Kier alpha value is -3.80. The van der Waals surface area contributed by atoms with E-state index < -0.39 is 11.9 Å². The molecular weight excluding hydrogens is 517 g/mol. The highest BCUT2D eigenvalue weighted by Crippen LogP contribution is 2.31. The lowest BCUT2D eigenvalue weighted by atomic mass is 9.99. The summed E-state index contributed by atoms with van der Waals surface area (Å²) in [4.78, 5) is 39.8. The van der Waals surface area contributed by atoms with Crippen LogP contribution >= 0.6 is 11.3 Å². The first-order valence-corrected chi connectivity index (χ1v) is 13.0. The largest absolute Gasteiger partial charge is 0.433 e. The summed E-state index contributed by atoms with van der Waals surface area (Å²) in [5, 5.41) is 6.59. The molecule has 8 nitrogen and oxygen atoms in total. The first kappa shape index (κ1) is 27.2. The van der Waals surface area contributed by atoms with Crippen molar-refractivity contribution in [1.82, 2.24) is 30.6 Å². The average molecular weight is 545 g/mol. The van der Waals surface area contributed by atoms with Crippen LogP contribution in [-0.4, -0.2) is 45.3 Å². The number of halogens is 3. The zero-order valence-corrected chi connectivity index (χ0v) is 21.5. The first-order chi connectivity index (χ1) is 18.2. The van der Waals surface area contributed by atoms with Gasteiger partial charge in [-0.1, -0.05) is 25.0 Å². The van der Waals surface area contributed by atoms with E-state index in [0.29, 0.717) is 40.1 Å². The number of rotatable bonds is 11. The second-order valence-electron chi connectivity index (χ2n) is 8.86. The standard InChI is InChI=1S/C26H27F3N6O2S/c1-30-23(36)6-4-2-3-5-18(11-34-25(37)21-14-31-15-38-21)24-33-13-20(35-24)17-8-7-16-10-22(26(27,28)29)32-12-19(16)9-17/h7-10,12-15,18H,2-6,11H2,1H3,(H,30,36)(H,33,35)(H,34,37). The monoisotopic (exact) mass is 544 g/mol. The van der Waals surface area contributed by atoms with Gasteiger partial charge in [-0.25, -0.2) is 4.98 Å². The van der Waals surface area contributed by atoms with Gasteiger partial charge in [0.25, 0.3) is 5.91 Å². The molecule has 4 aromatic rings. The summed E-state index contributed by atoms with van der Waals surface area (Å²) in [5.74, 6) is 0.400. The van der Waals surface area contributed by atoms with Crippen molar-refractivity contribution < 1.29 is 22.8 Å². The Labute approximate surface area is 221 Å². The molecule has 1 aromatic carbocycles. The summed E-state index contributed by atoms with van der Waals surface area (Å²) in [6.45, 7) is 0.362. The molecule has 38 heavy (non-hydrogen) atoms. The maximum Gasteiger partial charge on any atom is 0.433 e. The zero-order chi connectivity index (χ0) is 27.1. The molecule has 3 aromatic heterocycles. The van der Waals surface area contributed by atoms with E-state index in [4.69, 9.17) is 0 Å². The van der Waals surface area contributed by atoms with Crippen molar-refractivity contribution in [2.24, 2.45) is 0 Å². The van der Waals surface area contributed by atoms with Gasteiger partial charge in [-0.15, -0.1) is 11.3 Å². The van der Waals surface area contributed by atoms with E-state index in [2.05, 4.69) is 30.6 Å². The number of hydrogen-bond donors (Lipinski definition) is 3. The minimum absolute atomic E-state index is 0.00858. The number of carbonyl (C=O) groups is 2. The molecule has 0 radical (unpaired) electrons. The fourth-order valence-electron chi connectivity index (χ4n) is 4.10. The van der Waals surface area contributed by atoms with Crippen LogP contribution in [0.25, 0.3) is 22.0 Å². The molecule has 0 spiro atoms. The van der Waals surface area contributed by atoms with Crippen LogP contribution in [0.1, 0.15) is 59.2 Å². The lowest BCUT2D eigenvalue weighted by molar-refractivity contribution is -0.141. The summed E-state index contributed by atoms with van der Waals surface area (Å²) in [6.07, 6.45) is 3.59. The number of thiazole rings is 1. The molecule has 1 unspecified atom stereocenters. The van der Waals surface area contributed by atoms with E-state index in [1.807, 2.05) is 0 Å². The molecule has 3 heterocycles. The molecule has 0 aliphatic heterocycles. The van der Waals surface area contributed by atoms with Crippen molar-refractivity contribution in [3.8, 4) is 11.3 Å². The molecule has 0 saturated heterocycles. The molecule has 1 atom stereocenters. The summed E-state index contributed by atoms with van der Waals surface area (Å²) in [6, 6.07) is 6.16. The predicted octanol–water partition coefficient (Wildman–Crippen LogP) is 5.31. The molecule has 12 heteroatoms. The van der Waals surface area contributed by atoms with E-state index in [1.165, 1.54) is 23.7 Å². The molecular formula is C26H27F3N6O2S. The number of carbonyl (C=O) groups excluding carboxylic acids is 2. The molecule has 0 bridgehead atoms. The van der Waals surface area contributed by atoms with Crippen molar-refractivity contribution >= 4 is 33.9 Å². The van der Waals surface area contributed by atoms with Crippen LogP contribution in [0.5, 0.6) is 0 Å². The van der Waals surface area contributed by atoms with Crippen molar-refractivity contribution in [3.63, 3.8) is 0 Å². The maximum absolute atomic E-state index is 13.0. The number of amides is 2. The van der Waals surface area contributed by atoms with E-state index in [-0.39, 0.29) is 17.7 Å². The normalized spacial score (nSPS) is 12.4. The van der Waals surface area contributed by atoms with Gasteiger partial charge >= 0.3 is 6.18 Å². The van der Waals surface area contributed by atoms with Crippen LogP contribution in [-0.2, 0) is 11.0 Å². The van der Waals surface area contributed by atoms with Crippen molar-refractivity contribution in [1.29, 1.82) is 0 Å². The molecule has 0 aliphatic rings. The SMILES string of the molecule is CNC(=O)CCCCCC(CNC(=O)c1cncs1)c1ncc(-c2ccc3cc(C(F)(F)F)ncc3c2)[nH]1. The van der Waals surface area contributed by atoms with Crippen LogP contribution in [0.4, 0.5) is 13.2 Å². The quantitative estimate of drug-likeness (QED) is 0.222. The first-order valence-electron chi connectivity index (χ1n) is 12.1. The van der Waals surface area contributed by atoms with Crippen LogP contribution in [0.3, 0.4) is 0 Å². The molecule has 200 valence electrons. The molecule has 3 N–H and O–H groups in total. The topological polar surface area (TPSA) is 113 Å². The number of benzene rings is 1. The second-order valence-corrected chi connectivity index (χ2v) is 9.74. The summed E-state index contributed by atoms with van der Waals surface area (Å²) in [7, 11) is 1.62. The number of H-pyrrole nitrogens is 1.